The molecule has 2 aromatic carbocycles. The molecule has 2 aromatic rings. The van der Waals surface area contributed by atoms with Crippen LogP contribution in [0, 0.1) is 0 Å². The minimum Gasteiger partial charge on any atom is -0.494 e. The van der Waals surface area contributed by atoms with Crippen molar-refractivity contribution in [1.29, 1.82) is 0 Å². The van der Waals surface area contributed by atoms with Gasteiger partial charge in [-0.25, -0.2) is 0 Å². The van der Waals surface area contributed by atoms with Gasteiger partial charge in [0.05, 0.1) is 6.61 Å². The van der Waals surface area contributed by atoms with Crippen molar-refractivity contribution in [3.8, 4) is 5.75 Å². The molecule has 2 rings (SSSR count). The van der Waals surface area contributed by atoms with Crippen LogP contribution in [-0.2, 0) is 0 Å². The standard InChI is InChI=1S/C19H18Br2O2/c20-13-1-2-14-23-18-10-6-16(7-11-18)19(22)12-5-15-3-8-17(21)9-4-15/h3-12H,1-2,13-14H2. The summed E-state index contributed by atoms with van der Waals surface area (Å²) in [5, 5.41) is 0.995. The normalized spacial score (nSPS) is 10.9. The maximum Gasteiger partial charge on any atom is 0.185 e. The van der Waals surface area contributed by atoms with Crippen molar-refractivity contribution in [3.05, 3.63) is 70.2 Å². The highest BCUT2D eigenvalue weighted by molar-refractivity contribution is 9.10. The van der Waals surface area contributed by atoms with Gasteiger partial charge >= 0.3 is 0 Å². The van der Waals surface area contributed by atoms with E-state index in [-0.39, 0.29) is 5.78 Å². The lowest BCUT2D eigenvalue weighted by Crippen LogP contribution is -1.99. The van der Waals surface area contributed by atoms with Gasteiger partial charge in [-0.05, 0) is 60.9 Å². The van der Waals surface area contributed by atoms with Crippen LogP contribution in [0.3, 0.4) is 0 Å². The molecule has 0 aliphatic rings. The van der Waals surface area contributed by atoms with Gasteiger partial charge in [0.25, 0.3) is 0 Å². The van der Waals surface area contributed by atoms with Crippen molar-refractivity contribution in [2.24, 2.45) is 0 Å². The maximum atomic E-state index is 12.2. The number of hydrogen-bond donors (Lipinski definition) is 0. The number of hydrogen-bond acceptors (Lipinski definition) is 2. The van der Waals surface area contributed by atoms with Crippen LogP contribution < -0.4 is 4.74 Å². The van der Waals surface area contributed by atoms with Gasteiger partial charge in [0.15, 0.2) is 5.78 Å². The first kappa shape index (κ1) is 18.0. The Morgan fingerprint density at radius 2 is 1.70 bits per heavy atom. The van der Waals surface area contributed by atoms with Crippen molar-refractivity contribution in [2.75, 3.05) is 11.9 Å². The second-order valence-corrected chi connectivity index (χ2v) is 6.73. The van der Waals surface area contributed by atoms with Crippen molar-refractivity contribution in [2.45, 2.75) is 12.8 Å². The SMILES string of the molecule is O=C(C=Cc1ccc(Br)cc1)c1ccc(OCCCCBr)cc1. The molecule has 0 amide bonds. The van der Waals surface area contributed by atoms with E-state index < -0.39 is 0 Å². The lowest BCUT2D eigenvalue weighted by atomic mass is 10.1. The van der Waals surface area contributed by atoms with Gasteiger partial charge in [0.2, 0.25) is 0 Å². The van der Waals surface area contributed by atoms with E-state index in [2.05, 4.69) is 31.9 Å². The summed E-state index contributed by atoms with van der Waals surface area (Å²) >= 11 is 6.78. The fraction of sp³-hybridized carbons (Fsp3) is 0.211. The number of allylic oxidation sites excluding steroid dienone is 1. The number of rotatable bonds is 8. The average molecular weight is 438 g/mol. The molecule has 0 saturated carbocycles. The highest BCUT2D eigenvalue weighted by atomic mass is 79.9. The van der Waals surface area contributed by atoms with Gasteiger partial charge in [-0.1, -0.05) is 50.1 Å². The molecule has 0 aliphatic carbocycles. The molecule has 0 bridgehead atoms. The third-order valence-corrected chi connectivity index (χ3v) is 4.32. The third kappa shape index (κ3) is 6.32. The molecule has 120 valence electrons. The van der Waals surface area contributed by atoms with Gasteiger partial charge in [0.1, 0.15) is 5.75 Å². The van der Waals surface area contributed by atoms with E-state index in [1.54, 1.807) is 18.2 Å². The summed E-state index contributed by atoms with van der Waals surface area (Å²) in [6.07, 6.45) is 5.52. The molecule has 0 radical (unpaired) electrons. The van der Waals surface area contributed by atoms with E-state index in [9.17, 15) is 4.79 Å². The largest absolute Gasteiger partial charge is 0.494 e. The van der Waals surface area contributed by atoms with Gasteiger partial charge in [0, 0.05) is 15.4 Å². The van der Waals surface area contributed by atoms with E-state index in [4.69, 9.17) is 4.74 Å². The van der Waals surface area contributed by atoms with E-state index in [1.807, 2.05) is 42.5 Å². The molecule has 0 heterocycles. The van der Waals surface area contributed by atoms with Gasteiger partial charge in [-0.3, -0.25) is 4.79 Å². The minimum atomic E-state index is -0.0150. The van der Waals surface area contributed by atoms with Gasteiger partial charge in [-0.15, -0.1) is 0 Å². The molecule has 23 heavy (non-hydrogen) atoms. The van der Waals surface area contributed by atoms with Gasteiger partial charge < -0.3 is 4.74 Å². The number of halogens is 2. The molecule has 0 aromatic heterocycles. The van der Waals surface area contributed by atoms with Crippen LogP contribution in [0.4, 0.5) is 0 Å². The summed E-state index contributed by atoms with van der Waals surface area (Å²) in [7, 11) is 0. The molecular formula is C19H18Br2O2. The van der Waals surface area contributed by atoms with Crippen molar-refractivity contribution >= 4 is 43.7 Å². The molecule has 4 heteroatoms. The van der Waals surface area contributed by atoms with Crippen LogP contribution in [0.2, 0.25) is 0 Å². The zero-order chi connectivity index (χ0) is 16.5. The molecule has 0 spiro atoms. The lowest BCUT2D eigenvalue weighted by molar-refractivity contribution is 0.104. The Kier molecular flexibility index (Phi) is 7.56. The fourth-order valence-electron chi connectivity index (χ4n) is 1.94. The predicted octanol–water partition coefficient (Wildman–Crippen LogP) is 5.90. The number of alkyl halides is 1. The van der Waals surface area contributed by atoms with Crippen LogP contribution in [0.5, 0.6) is 5.75 Å². The Bertz CT molecular complexity index is 646. The van der Waals surface area contributed by atoms with Crippen LogP contribution >= 0.6 is 31.9 Å². The molecule has 0 N–H and O–H groups in total. The number of ketones is 1. The summed E-state index contributed by atoms with van der Waals surface area (Å²) in [4.78, 5) is 12.2. The van der Waals surface area contributed by atoms with Crippen LogP contribution in [0.1, 0.15) is 28.8 Å². The van der Waals surface area contributed by atoms with E-state index in [0.29, 0.717) is 12.2 Å². The first-order valence-corrected chi connectivity index (χ1v) is 9.37. The smallest absolute Gasteiger partial charge is 0.185 e. The first-order valence-electron chi connectivity index (χ1n) is 7.46. The topological polar surface area (TPSA) is 26.3 Å². The molecule has 2 nitrogen and oxygen atoms in total. The molecular weight excluding hydrogens is 420 g/mol. The number of benzene rings is 2. The minimum absolute atomic E-state index is 0.0150. The van der Waals surface area contributed by atoms with Gasteiger partial charge in [-0.2, -0.15) is 0 Å². The number of carbonyl (C=O) groups excluding carboxylic acids is 1. The van der Waals surface area contributed by atoms with Crippen LogP contribution in [0.25, 0.3) is 6.08 Å². The first-order chi connectivity index (χ1) is 11.2. The van der Waals surface area contributed by atoms with E-state index >= 15 is 0 Å². The predicted molar refractivity (Wildman–Crippen MR) is 102 cm³/mol. The van der Waals surface area contributed by atoms with Crippen molar-refractivity contribution in [1.82, 2.24) is 0 Å². The molecule has 0 fully saturated rings. The number of carbonyl (C=O) groups is 1. The fourth-order valence-corrected chi connectivity index (χ4v) is 2.60. The molecule has 0 unspecified atom stereocenters. The summed E-state index contributed by atoms with van der Waals surface area (Å²) in [6, 6.07) is 15.1. The Balaban J connectivity index is 1.90. The second-order valence-electron chi connectivity index (χ2n) is 5.02. The van der Waals surface area contributed by atoms with Crippen LogP contribution in [-0.4, -0.2) is 17.7 Å². The Hall–Kier alpha value is -1.39. The number of ether oxygens (including phenoxy) is 1. The zero-order valence-corrected chi connectivity index (χ0v) is 15.8. The summed E-state index contributed by atoms with van der Waals surface area (Å²) < 4.78 is 6.65. The molecule has 0 saturated heterocycles. The van der Waals surface area contributed by atoms with Crippen molar-refractivity contribution < 1.29 is 9.53 Å². The Labute approximate surface area is 153 Å². The summed E-state index contributed by atoms with van der Waals surface area (Å²) in [5.41, 5.74) is 1.65. The van der Waals surface area contributed by atoms with Crippen molar-refractivity contribution in [3.63, 3.8) is 0 Å². The van der Waals surface area contributed by atoms with E-state index in [1.165, 1.54) is 0 Å². The van der Waals surface area contributed by atoms with E-state index in [0.717, 1.165) is 34.0 Å². The monoisotopic (exact) mass is 436 g/mol. The number of unbranched alkanes of at least 4 members (excludes halogenated alkanes) is 1. The lowest BCUT2D eigenvalue weighted by Gasteiger charge is -2.05. The highest BCUT2D eigenvalue weighted by Crippen LogP contribution is 2.15. The van der Waals surface area contributed by atoms with Crippen LogP contribution in [0.15, 0.2) is 59.1 Å². The summed E-state index contributed by atoms with van der Waals surface area (Å²) in [5.74, 6) is 0.784. The zero-order valence-electron chi connectivity index (χ0n) is 12.7. The molecule has 0 aliphatic heterocycles. The maximum absolute atomic E-state index is 12.2. The quantitative estimate of drug-likeness (QED) is 0.222. The second kappa shape index (κ2) is 9.68. The average Bonchev–Trinajstić information content (AvgIpc) is 2.58. The molecule has 0 atom stereocenters. The Morgan fingerprint density at radius 3 is 2.35 bits per heavy atom. The highest BCUT2D eigenvalue weighted by Gasteiger charge is 2.02. The summed E-state index contributed by atoms with van der Waals surface area (Å²) in [6.45, 7) is 0.697. The Morgan fingerprint density at radius 1 is 1.00 bits per heavy atom. The third-order valence-electron chi connectivity index (χ3n) is 3.23.